The molecule has 0 aliphatic heterocycles. The maximum absolute atomic E-state index is 11.7. The Labute approximate surface area is 100 Å². The van der Waals surface area contributed by atoms with Crippen LogP contribution in [-0.2, 0) is 9.84 Å². The SMILES string of the molecule is CCCS(=O)(=O)C(N)c1ccc(C(=O)O)cc1. The lowest BCUT2D eigenvalue weighted by Crippen LogP contribution is -2.24. The second-order valence-corrected chi connectivity index (χ2v) is 5.96. The smallest absolute Gasteiger partial charge is 0.335 e. The molecule has 0 saturated heterocycles. The molecular formula is C11H15NO4S. The highest BCUT2D eigenvalue weighted by Gasteiger charge is 2.22. The molecule has 1 rings (SSSR count). The van der Waals surface area contributed by atoms with E-state index >= 15 is 0 Å². The molecule has 5 nitrogen and oxygen atoms in total. The number of benzene rings is 1. The molecule has 0 bridgehead atoms. The van der Waals surface area contributed by atoms with Crippen LogP contribution in [0.1, 0.15) is 34.6 Å². The fourth-order valence-corrected chi connectivity index (χ4v) is 2.83. The fraction of sp³-hybridized carbons (Fsp3) is 0.364. The summed E-state index contributed by atoms with van der Waals surface area (Å²) in [4.78, 5) is 10.6. The zero-order valence-corrected chi connectivity index (χ0v) is 10.3. The van der Waals surface area contributed by atoms with Gasteiger partial charge in [0.05, 0.1) is 11.3 Å². The Morgan fingerprint density at radius 2 is 1.88 bits per heavy atom. The Hall–Kier alpha value is -1.40. The molecule has 0 saturated carbocycles. The standard InChI is InChI=1S/C11H15NO4S/c1-2-7-17(15,16)10(12)8-3-5-9(6-4-8)11(13)14/h3-6,10H,2,7,12H2,1H3,(H,13,14). The van der Waals surface area contributed by atoms with Crippen molar-refractivity contribution in [3.05, 3.63) is 35.4 Å². The van der Waals surface area contributed by atoms with Crippen molar-refractivity contribution in [1.29, 1.82) is 0 Å². The highest BCUT2D eigenvalue weighted by Crippen LogP contribution is 2.18. The van der Waals surface area contributed by atoms with Gasteiger partial charge in [0.2, 0.25) is 0 Å². The van der Waals surface area contributed by atoms with Gasteiger partial charge in [0, 0.05) is 0 Å². The van der Waals surface area contributed by atoms with Crippen LogP contribution in [0.5, 0.6) is 0 Å². The van der Waals surface area contributed by atoms with Crippen LogP contribution in [0.15, 0.2) is 24.3 Å². The summed E-state index contributed by atoms with van der Waals surface area (Å²) in [6, 6.07) is 5.56. The average Bonchev–Trinajstić information content (AvgIpc) is 2.28. The first kappa shape index (κ1) is 13.7. The van der Waals surface area contributed by atoms with E-state index in [1.165, 1.54) is 24.3 Å². The van der Waals surface area contributed by atoms with E-state index < -0.39 is 21.2 Å². The number of carbonyl (C=O) groups is 1. The number of carboxylic acid groups (broad SMARTS) is 1. The van der Waals surface area contributed by atoms with E-state index in [-0.39, 0.29) is 11.3 Å². The number of carboxylic acids is 1. The molecule has 3 N–H and O–H groups in total. The molecule has 0 fully saturated rings. The minimum Gasteiger partial charge on any atom is -0.478 e. The van der Waals surface area contributed by atoms with Crippen molar-refractivity contribution in [2.75, 3.05) is 5.75 Å². The van der Waals surface area contributed by atoms with E-state index in [1.807, 2.05) is 0 Å². The Bertz CT molecular complexity index is 493. The lowest BCUT2D eigenvalue weighted by Gasteiger charge is -2.12. The van der Waals surface area contributed by atoms with Crippen molar-refractivity contribution in [2.45, 2.75) is 18.7 Å². The number of hydrogen-bond donors (Lipinski definition) is 2. The molecule has 1 unspecified atom stereocenters. The highest BCUT2D eigenvalue weighted by atomic mass is 32.2. The summed E-state index contributed by atoms with van der Waals surface area (Å²) >= 11 is 0. The molecule has 94 valence electrons. The lowest BCUT2D eigenvalue weighted by molar-refractivity contribution is 0.0697. The lowest BCUT2D eigenvalue weighted by atomic mass is 10.1. The quantitative estimate of drug-likeness (QED) is 0.825. The molecule has 0 spiro atoms. The summed E-state index contributed by atoms with van der Waals surface area (Å²) < 4.78 is 23.4. The van der Waals surface area contributed by atoms with Crippen molar-refractivity contribution >= 4 is 15.8 Å². The number of nitrogens with two attached hydrogens (primary N) is 1. The summed E-state index contributed by atoms with van der Waals surface area (Å²) in [6.07, 6.45) is 0.503. The van der Waals surface area contributed by atoms with Crippen LogP contribution in [-0.4, -0.2) is 25.2 Å². The topological polar surface area (TPSA) is 97.5 Å². The molecule has 1 atom stereocenters. The largest absolute Gasteiger partial charge is 0.478 e. The molecule has 0 aliphatic rings. The monoisotopic (exact) mass is 257 g/mol. The molecule has 0 aromatic heterocycles. The van der Waals surface area contributed by atoms with E-state index in [2.05, 4.69) is 0 Å². The van der Waals surface area contributed by atoms with Crippen LogP contribution in [0.3, 0.4) is 0 Å². The van der Waals surface area contributed by atoms with Gasteiger partial charge in [-0.25, -0.2) is 13.2 Å². The number of sulfone groups is 1. The van der Waals surface area contributed by atoms with Gasteiger partial charge in [-0.05, 0) is 24.1 Å². The Balaban J connectivity index is 2.98. The third-order valence-corrected chi connectivity index (χ3v) is 4.38. The highest BCUT2D eigenvalue weighted by molar-refractivity contribution is 7.91. The summed E-state index contributed by atoms with van der Waals surface area (Å²) in [7, 11) is -3.37. The normalized spacial score (nSPS) is 13.3. The Kier molecular flexibility index (Phi) is 4.25. The second-order valence-electron chi connectivity index (χ2n) is 3.71. The fourth-order valence-electron chi connectivity index (χ4n) is 1.43. The molecule has 1 aromatic rings. The zero-order valence-electron chi connectivity index (χ0n) is 9.46. The van der Waals surface area contributed by atoms with E-state index in [4.69, 9.17) is 10.8 Å². The van der Waals surface area contributed by atoms with Crippen molar-refractivity contribution in [3.63, 3.8) is 0 Å². The third kappa shape index (κ3) is 3.28. The maximum atomic E-state index is 11.7. The number of aromatic carboxylic acids is 1. The van der Waals surface area contributed by atoms with Gasteiger partial charge in [0.15, 0.2) is 9.84 Å². The summed E-state index contributed by atoms with van der Waals surface area (Å²) in [5, 5.41) is 7.62. The average molecular weight is 257 g/mol. The van der Waals surface area contributed by atoms with E-state index in [0.29, 0.717) is 12.0 Å². The van der Waals surface area contributed by atoms with Gasteiger partial charge in [0.25, 0.3) is 0 Å². The summed E-state index contributed by atoms with van der Waals surface area (Å²) in [6.45, 7) is 1.76. The molecular weight excluding hydrogens is 242 g/mol. The van der Waals surface area contributed by atoms with Crippen LogP contribution >= 0.6 is 0 Å². The molecule has 6 heteroatoms. The van der Waals surface area contributed by atoms with Gasteiger partial charge in [-0.2, -0.15) is 0 Å². The van der Waals surface area contributed by atoms with Gasteiger partial charge < -0.3 is 10.8 Å². The summed E-state index contributed by atoms with van der Waals surface area (Å²) in [5.41, 5.74) is 6.16. The number of hydrogen-bond acceptors (Lipinski definition) is 4. The van der Waals surface area contributed by atoms with E-state index in [0.717, 1.165) is 0 Å². The Morgan fingerprint density at radius 3 is 2.29 bits per heavy atom. The van der Waals surface area contributed by atoms with Gasteiger partial charge in [-0.15, -0.1) is 0 Å². The Morgan fingerprint density at radius 1 is 1.35 bits per heavy atom. The maximum Gasteiger partial charge on any atom is 0.335 e. The zero-order chi connectivity index (χ0) is 13.1. The summed E-state index contributed by atoms with van der Waals surface area (Å²) in [5.74, 6) is -1.03. The molecule has 0 amide bonds. The molecule has 1 aromatic carbocycles. The van der Waals surface area contributed by atoms with Crippen LogP contribution in [0, 0.1) is 0 Å². The van der Waals surface area contributed by atoms with Crippen LogP contribution in [0.25, 0.3) is 0 Å². The predicted molar refractivity (Wildman–Crippen MR) is 64.4 cm³/mol. The van der Waals surface area contributed by atoms with Gasteiger partial charge >= 0.3 is 5.97 Å². The molecule has 0 heterocycles. The first-order valence-electron chi connectivity index (χ1n) is 5.19. The van der Waals surface area contributed by atoms with Crippen LogP contribution < -0.4 is 5.73 Å². The van der Waals surface area contributed by atoms with Crippen molar-refractivity contribution in [3.8, 4) is 0 Å². The van der Waals surface area contributed by atoms with Crippen LogP contribution in [0.2, 0.25) is 0 Å². The minimum absolute atomic E-state index is 0.0227. The van der Waals surface area contributed by atoms with E-state index in [9.17, 15) is 13.2 Å². The molecule has 0 aliphatic carbocycles. The second kappa shape index (κ2) is 5.29. The van der Waals surface area contributed by atoms with Gasteiger partial charge in [-0.1, -0.05) is 19.1 Å². The predicted octanol–water partition coefficient (Wildman–Crippen LogP) is 1.17. The van der Waals surface area contributed by atoms with Crippen molar-refractivity contribution in [2.24, 2.45) is 5.73 Å². The van der Waals surface area contributed by atoms with Crippen molar-refractivity contribution in [1.82, 2.24) is 0 Å². The number of rotatable bonds is 5. The first-order valence-corrected chi connectivity index (χ1v) is 6.90. The molecule has 17 heavy (non-hydrogen) atoms. The van der Waals surface area contributed by atoms with Crippen LogP contribution in [0.4, 0.5) is 0 Å². The van der Waals surface area contributed by atoms with Gasteiger partial charge in [-0.3, -0.25) is 0 Å². The minimum atomic E-state index is -3.37. The first-order chi connectivity index (χ1) is 7.88. The van der Waals surface area contributed by atoms with Gasteiger partial charge in [0.1, 0.15) is 5.37 Å². The van der Waals surface area contributed by atoms with Crippen molar-refractivity contribution < 1.29 is 18.3 Å². The third-order valence-electron chi connectivity index (χ3n) is 2.36. The van der Waals surface area contributed by atoms with E-state index in [1.54, 1.807) is 6.92 Å². The molecule has 0 radical (unpaired) electrons.